The van der Waals surface area contributed by atoms with Gasteiger partial charge in [-0.05, 0) is 12.0 Å². The molecule has 1 fully saturated rings. The van der Waals surface area contributed by atoms with Crippen molar-refractivity contribution in [2.45, 2.75) is 12.5 Å². The first-order valence-corrected chi connectivity index (χ1v) is 7.47. The van der Waals surface area contributed by atoms with Crippen molar-refractivity contribution >= 4 is 11.9 Å². The van der Waals surface area contributed by atoms with E-state index in [1.165, 1.54) is 7.11 Å². The Bertz CT molecular complexity index is 499. The third kappa shape index (κ3) is 4.54. The smallest absolute Gasteiger partial charge is 0.319 e. The van der Waals surface area contributed by atoms with Gasteiger partial charge in [-0.2, -0.15) is 0 Å². The van der Waals surface area contributed by atoms with Gasteiger partial charge in [0.25, 0.3) is 0 Å². The number of hydrogen-bond donors (Lipinski definition) is 1. The van der Waals surface area contributed by atoms with E-state index in [9.17, 15) is 9.59 Å². The number of hydrogen-bond acceptors (Lipinski definition) is 5. The second-order valence-corrected chi connectivity index (χ2v) is 5.47. The summed E-state index contributed by atoms with van der Waals surface area (Å²) in [6.45, 7) is 2.79. The van der Waals surface area contributed by atoms with E-state index in [0.29, 0.717) is 32.6 Å². The number of rotatable bonds is 5. The molecule has 1 atom stereocenters. The number of benzene rings is 1. The van der Waals surface area contributed by atoms with Crippen LogP contribution in [0.5, 0.6) is 0 Å². The highest BCUT2D eigenvalue weighted by atomic mass is 16.5. The highest BCUT2D eigenvalue weighted by Crippen LogP contribution is 2.07. The molecule has 0 radical (unpaired) electrons. The zero-order valence-electron chi connectivity index (χ0n) is 12.9. The van der Waals surface area contributed by atoms with Crippen molar-refractivity contribution < 1.29 is 14.3 Å². The predicted molar refractivity (Wildman–Crippen MR) is 83.2 cm³/mol. The van der Waals surface area contributed by atoms with Gasteiger partial charge in [-0.1, -0.05) is 30.3 Å². The molecule has 1 heterocycles. The minimum Gasteiger partial charge on any atom is -0.468 e. The van der Waals surface area contributed by atoms with E-state index in [2.05, 4.69) is 4.74 Å². The van der Waals surface area contributed by atoms with Crippen LogP contribution in [0.4, 0.5) is 0 Å². The number of ether oxygens (including phenoxy) is 1. The number of nitrogens with two attached hydrogens (primary N) is 1. The average Bonchev–Trinajstić information content (AvgIpc) is 2.55. The van der Waals surface area contributed by atoms with Crippen molar-refractivity contribution in [1.82, 2.24) is 9.80 Å². The summed E-state index contributed by atoms with van der Waals surface area (Å²) in [5.74, 6) is -0.276. The third-order valence-electron chi connectivity index (χ3n) is 3.88. The first-order valence-electron chi connectivity index (χ1n) is 7.47. The number of amides is 1. The van der Waals surface area contributed by atoms with E-state index >= 15 is 0 Å². The number of methoxy groups -OCH3 is 1. The fraction of sp³-hybridized carbons (Fsp3) is 0.500. The minimum absolute atomic E-state index is 0.0263. The van der Waals surface area contributed by atoms with Gasteiger partial charge in [-0.25, -0.2) is 0 Å². The van der Waals surface area contributed by atoms with Crippen molar-refractivity contribution in [3.05, 3.63) is 35.9 Å². The van der Waals surface area contributed by atoms with Crippen molar-refractivity contribution in [2.24, 2.45) is 5.73 Å². The summed E-state index contributed by atoms with van der Waals surface area (Å²) in [5.41, 5.74) is 7.10. The summed E-state index contributed by atoms with van der Waals surface area (Å²) in [4.78, 5) is 27.4. The number of carbonyl (C=O) groups is 2. The summed E-state index contributed by atoms with van der Waals surface area (Å²) in [5, 5.41) is 0. The van der Waals surface area contributed by atoms with Crippen LogP contribution in [0, 0.1) is 0 Å². The van der Waals surface area contributed by atoms with Crippen LogP contribution in [0.2, 0.25) is 0 Å². The van der Waals surface area contributed by atoms with Gasteiger partial charge < -0.3 is 15.4 Å². The highest BCUT2D eigenvalue weighted by Gasteiger charge is 2.26. The van der Waals surface area contributed by atoms with Crippen LogP contribution in [0.3, 0.4) is 0 Å². The first-order chi connectivity index (χ1) is 10.6. The van der Waals surface area contributed by atoms with Crippen LogP contribution >= 0.6 is 0 Å². The van der Waals surface area contributed by atoms with Crippen molar-refractivity contribution in [2.75, 3.05) is 39.8 Å². The summed E-state index contributed by atoms with van der Waals surface area (Å²) < 4.78 is 4.65. The van der Waals surface area contributed by atoms with Crippen molar-refractivity contribution in [3.63, 3.8) is 0 Å². The van der Waals surface area contributed by atoms with Crippen molar-refractivity contribution in [3.8, 4) is 0 Å². The maximum atomic E-state index is 12.4. The van der Waals surface area contributed by atoms with Crippen LogP contribution in [0.25, 0.3) is 0 Å². The molecular formula is C16H23N3O3. The lowest BCUT2D eigenvalue weighted by Crippen LogP contribution is -2.54. The molecule has 2 rings (SSSR count). The van der Waals surface area contributed by atoms with Crippen LogP contribution in [-0.2, 0) is 20.7 Å². The normalized spacial score (nSPS) is 17.1. The third-order valence-corrected chi connectivity index (χ3v) is 3.88. The Morgan fingerprint density at radius 1 is 1.18 bits per heavy atom. The summed E-state index contributed by atoms with van der Waals surface area (Å²) in [7, 11) is 1.38. The lowest BCUT2D eigenvalue weighted by molar-refractivity contribution is -0.142. The largest absolute Gasteiger partial charge is 0.468 e. The summed E-state index contributed by atoms with van der Waals surface area (Å²) in [6, 6.07) is 9.26. The Labute approximate surface area is 130 Å². The van der Waals surface area contributed by atoms with Crippen LogP contribution in [-0.4, -0.2) is 67.6 Å². The molecule has 0 spiro atoms. The average molecular weight is 305 g/mol. The molecule has 0 aliphatic carbocycles. The molecule has 22 heavy (non-hydrogen) atoms. The molecule has 1 saturated heterocycles. The maximum Gasteiger partial charge on any atom is 0.319 e. The lowest BCUT2D eigenvalue weighted by atomic mass is 10.1. The monoisotopic (exact) mass is 305 g/mol. The Balaban J connectivity index is 1.80. The molecular weight excluding hydrogens is 282 g/mol. The number of esters is 1. The van der Waals surface area contributed by atoms with Crippen molar-refractivity contribution in [1.29, 1.82) is 0 Å². The Kier molecular flexibility index (Phi) is 5.91. The van der Waals surface area contributed by atoms with E-state index in [1.54, 1.807) is 4.90 Å². The molecule has 1 unspecified atom stereocenters. The van der Waals surface area contributed by atoms with Gasteiger partial charge >= 0.3 is 5.97 Å². The molecule has 6 nitrogen and oxygen atoms in total. The van der Waals surface area contributed by atoms with Gasteiger partial charge in [0.1, 0.15) is 0 Å². The van der Waals surface area contributed by atoms with E-state index in [0.717, 1.165) is 5.56 Å². The highest BCUT2D eigenvalue weighted by molar-refractivity contribution is 5.82. The topological polar surface area (TPSA) is 75.9 Å². The standard InChI is InChI=1S/C16H23N3O3/c1-22-15(20)12-18-7-9-19(10-8-18)16(21)14(17)11-13-5-3-2-4-6-13/h2-6,14H,7-12,17H2,1H3. The molecule has 0 aromatic heterocycles. The second kappa shape index (κ2) is 7.91. The summed E-state index contributed by atoms with van der Waals surface area (Å²) >= 11 is 0. The molecule has 2 N–H and O–H groups in total. The van der Waals surface area contributed by atoms with E-state index < -0.39 is 6.04 Å². The first kappa shape index (κ1) is 16.5. The Morgan fingerprint density at radius 2 is 1.82 bits per heavy atom. The van der Waals surface area contributed by atoms with Gasteiger partial charge in [-0.15, -0.1) is 0 Å². The van der Waals surface area contributed by atoms with Crippen LogP contribution in [0.1, 0.15) is 5.56 Å². The van der Waals surface area contributed by atoms with E-state index in [-0.39, 0.29) is 18.4 Å². The van der Waals surface area contributed by atoms with E-state index in [4.69, 9.17) is 5.73 Å². The number of nitrogens with zero attached hydrogens (tertiary/aromatic N) is 2. The SMILES string of the molecule is COC(=O)CN1CCN(C(=O)C(N)Cc2ccccc2)CC1. The Morgan fingerprint density at radius 3 is 2.41 bits per heavy atom. The number of carbonyl (C=O) groups excluding carboxylic acids is 2. The quantitative estimate of drug-likeness (QED) is 0.767. The molecule has 1 amide bonds. The maximum absolute atomic E-state index is 12.4. The minimum atomic E-state index is -0.519. The van der Waals surface area contributed by atoms with Gasteiger partial charge in [0.2, 0.25) is 5.91 Å². The fourth-order valence-electron chi connectivity index (χ4n) is 2.56. The molecule has 1 aliphatic rings. The molecule has 0 saturated carbocycles. The second-order valence-electron chi connectivity index (χ2n) is 5.47. The lowest BCUT2D eigenvalue weighted by Gasteiger charge is -2.35. The number of piperazine rings is 1. The van der Waals surface area contributed by atoms with Crippen LogP contribution in [0.15, 0.2) is 30.3 Å². The van der Waals surface area contributed by atoms with Gasteiger partial charge in [0, 0.05) is 26.2 Å². The van der Waals surface area contributed by atoms with E-state index in [1.807, 2.05) is 35.2 Å². The molecule has 1 aromatic carbocycles. The molecule has 0 bridgehead atoms. The predicted octanol–water partition coefficient (Wildman–Crippen LogP) is -0.126. The van der Waals surface area contributed by atoms with Crippen LogP contribution < -0.4 is 5.73 Å². The Hall–Kier alpha value is -1.92. The fourth-order valence-corrected chi connectivity index (χ4v) is 2.56. The molecule has 1 aliphatic heterocycles. The summed E-state index contributed by atoms with van der Waals surface area (Å²) in [6.07, 6.45) is 0.544. The van der Waals surface area contributed by atoms with Gasteiger partial charge in [0.05, 0.1) is 19.7 Å². The zero-order valence-corrected chi connectivity index (χ0v) is 12.9. The zero-order chi connectivity index (χ0) is 15.9. The molecule has 120 valence electrons. The van der Waals surface area contributed by atoms with Gasteiger partial charge in [0.15, 0.2) is 0 Å². The molecule has 1 aromatic rings. The molecule has 6 heteroatoms. The van der Waals surface area contributed by atoms with Gasteiger partial charge in [-0.3, -0.25) is 14.5 Å².